The van der Waals surface area contributed by atoms with Crippen molar-refractivity contribution in [2.45, 2.75) is 13.8 Å². The minimum Gasteiger partial charge on any atom is -0.508 e. The molecule has 5 N–H and O–H groups in total. The Morgan fingerprint density at radius 1 is 1.32 bits per heavy atom. The lowest BCUT2D eigenvalue weighted by molar-refractivity contribution is 0.100. The van der Waals surface area contributed by atoms with Crippen molar-refractivity contribution in [2.75, 3.05) is 5.73 Å². The fourth-order valence-corrected chi connectivity index (χ4v) is 2.84. The Morgan fingerprint density at radius 2 is 2.00 bits per heavy atom. The smallest absolute Gasteiger partial charge is 0.253 e. The van der Waals surface area contributed by atoms with E-state index in [0.717, 1.165) is 5.56 Å². The molecule has 0 radical (unpaired) electrons. The van der Waals surface area contributed by atoms with Crippen molar-refractivity contribution in [3.8, 4) is 11.4 Å². The molecule has 114 valence electrons. The van der Waals surface area contributed by atoms with Crippen LogP contribution < -0.4 is 11.5 Å². The molecule has 7 heteroatoms. The summed E-state index contributed by atoms with van der Waals surface area (Å²) in [5.41, 5.74) is 14.7. The molecule has 0 spiro atoms. The number of carbonyl (C=O) groups is 1. The van der Waals surface area contributed by atoms with E-state index >= 15 is 0 Å². The summed E-state index contributed by atoms with van der Waals surface area (Å²) in [5, 5.41) is 15.0. The number of hydrogen-bond donors (Lipinski definition) is 3. The quantitative estimate of drug-likeness (QED) is 0.663. The fourth-order valence-electron chi connectivity index (χ4n) is 2.84. The number of amides is 1. The van der Waals surface area contributed by atoms with Gasteiger partial charge >= 0.3 is 0 Å². The lowest BCUT2D eigenvalue weighted by Crippen LogP contribution is -2.14. The van der Waals surface area contributed by atoms with Crippen LogP contribution >= 0.6 is 0 Å². The van der Waals surface area contributed by atoms with Gasteiger partial charge in [0.25, 0.3) is 5.91 Å². The molecule has 0 aliphatic carbocycles. The second-order valence-corrected chi connectivity index (χ2v) is 5.38. The molecule has 1 aromatic carbocycles. The van der Waals surface area contributed by atoms with Gasteiger partial charge in [-0.2, -0.15) is 5.10 Å². The van der Waals surface area contributed by atoms with Gasteiger partial charge in [0.15, 0.2) is 5.65 Å². The topological polar surface area (TPSA) is 112 Å². The number of aromatic nitrogens is 3. The van der Waals surface area contributed by atoms with Gasteiger partial charge in [0, 0.05) is 18.8 Å². The summed E-state index contributed by atoms with van der Waals surface area (Å²) in [6.45, 7) is 3.69. The van der Waals surface area contributed by atoms with Crippen LogP contribution in [0.1, 0.15) is 21.5 Å². The number of primary amides is 1. The largest absolute Gasteiger partial charge is 0.508 e. The molecule has 0 aliphatic rings. The van der Waals surface area contributed by atoms with E-state index in [1.807, 2.05) is 6.92 Å². The van der Waals surface area contributed by atoms with Gasteiger partial charge in [-0.1, -0.05) is 6.07 Å². The summed E-state index contributed by atoms with van der Waals surface area (Å²) >= 11 is 0. The maximum atomic E-state index is 11.8. The number of aryl methyl sites for hydroxylation is 2. The molecule has 0 unspecified atom stereocenters. The van der Waals surface area contributed by atoms with Crippen molar-refractivity contribution < 1.29 is 9.90 Å². The molecular weight excluding hydrogens is 282 g/mol. The number of rotatable bonds is 2. The van der Waals surface area contributed by atoms with Gasteiger partial charge in [0.05, 0.1) is 16.6 Å². The Bertz CT molecular complexity index is 920. The Balaban J connectivity index is 2.50. The van der Waals surface area contributed by atoms with Crippen LogP contribution in [0.4, 0.5) is 5.82 Å². The number of phenols is 1. The maximum Gasteiger partial charge on any atom is 0.253 e. The van der Waals surface area contributed by atoms with Crippen LogP contribution in [-0.2, 0) is 7.05 Å². The van der Waals surface area contributed by atoms with Crippen molar-refractivity contribution in [1.29, 1.82) is 0 Å². The highest BCUT2D eigenvalue weighted by atomic mass is 16.3. The van der Waals surface area contributed by atoms with Crippen molar-refractivity contribution in [3.05, 3.63) is 35.0 Å². The molecule has 7 nitrogen and oxygen atoms in total. The third-order valence-electron chi connectivity index (χ3n) is 3.86. The predicted molar refractivity (Wildman–Crippen MR) is 84.1 cm³/mol. The van der Waals surface area contributed by atoms with Gasteiger partial charge in [-0.15, -0.1) is 0 Å². The first-order valence-corrected chi connectivity index (χ1v) is 6.75. The Hall–Kier alpha value is -2.96. The van der Waals surface area contributed by atoms with Gasteiger partial charge < -0.3 is 16.6 Å². The first-order valence-electron chi connectivity index (χ1n) is 6.75. The fraction of sp³-hybridized carbons (Fsp3) is 0.200. The van der Waals surface area contributed by atoms with E-state index in [1.165, 1.54) is 0 Å². The standard InChI is InChI=1S/C15H17N5O2/c1-7-4-5-10(21)8(2)12(7)20-13(16)11(14(17)22)9-6-19(3)18-15(9)20/h4-6,21H,16H2,1-3H3,(H2,17,22). The second kappa shape index (κ2) is 4.52. The Kier molecular flexibility index (Phi) is 2.88. The molecule has 0 atom stereocenters. The number of aromatic hydroxyl groups is 1. The summed E-state index contributed by atoms with van der Waals surface area (Å²) < 4.78 is 3.26. The molecule has 3 rings (SSSR count). The van der Waals surface area contributed by atoms with E-state index in [0.29, 0.717) is 22.3 Å². The third kappa shape index (κ3) is 1.75. The van der Waals surface area contributed by atoms with Gasteiger partial charge in [0.1, 0.15) is 11.6 Å². The van der Waals surface area contributed by atoms with Crippen LogP contribution in [0.15, 0.2) is 18.3 Å². The summed E-state index contributed by atoms with van der Waals surface area (Å²) in [5.74, 6) is -0.231. The molecule has 0 saturated carbocycles. The second-order valence-electron chi connectivity index (χ2n) is 5.38. The number of phenolic OH excluding ortho intramolecular Hbond substituents is 1. The minimum absolute atomic E-state index is 0.151. The van der Waals surface area contributed by atoms with E-state index in [9.17, 15) is 9.90 Å². The lowest BCUT2D eigenvalue weighted by atomic mass is 10.1. The van der Waals surface area contributed by atoms with Crippen LogP contribution in [0.2, 0.25) is 0 Å². The molecule has 3 aromatic rings. The molecule has 0 fully saturated rings. The number of nitrogens with zero attached hydrogens (tertiary/aromatic N) is 3. The van der Waals surface area contributed by atoms with E-state index in [2.05, 4.69) is 5.10 Å². The number of benzene rings is 1. The maximum absolute atomic E-state index is 11.8. The number of hydrogen-bond acceptors (Lipinski definition) is 4. The molecule has 1 amide bonds. The number of anilines is 1. The first kappa shape index (κ1) is 14.0. The van der Waals surface area contributed by atoms with Gasteiger partial charge in [-0.3, -0.25) is 14.0 Å². The van der Waals surface area contributed by atoms with Crippen molar-refractivity contribution in [3.63, 3.8) is 0 Å². The lowest BCUT2D eigenvalue weighted by Gasteiger charge is -2.14. The monoisotopic (exact) mass is 299 g/mol. The van der Waals surface area contributed by atoms with Crippen LogP contribution in [0.5, 0.6) is 5.75 Å². The van der Waals surface area contributed by atoms with Crippen molar-refractivity contribution in [1.82, 2.24) is 14.3 Å². The molecule has 0 saturated heterocycles. The molecular formula is C15H17N5O2. The highest BCUT2D eigenvalue weighted by Gasteiger charge is 2.24. The normalized spacial score (nSPS) is 11.2. The highest BCUT2D eigenvalue weighted by Crippen LogP contribution is 2.35. The minimum atomic E-state index is -0.607. The Labute approximate surface area is 126 Å². The molecule has 22 heavy (non-hydrogen) atoms. The summed E-state index contributed by atoms with van der Waals surface area (Å²) in [6, 6.07) is 3.41. The molecule has 2 aromatic heterocycles. The number of carbonyl (C=O) groups excluding carboxylic acids is 1. The SMILES string of the molecule is Cc1ccc(O)c(C)c1-n1c(N)c(C(N)=O)c2cn(C)nc21. The average molecular weight is 299 g/mol. The van der Waals surface area contributed by atoms with Crippen LogP contribution in [0, 0.1) is 13.8 Å². The first-order chi connectivity index (χ1) is 10.3. The number of fused-ring (bicyclic) bond motifs is 1. The zero-order valence-electron chi connectivity index (χ0n) is 12.6. The van der Waals surface area contributed by atoms with Gasteiger partial charge in [-0.25, -0.2) is 0 Å². The highest BCUT2D eigenvalue weighted by molar-refractivity contribution is 6.10. The number of nitrogen functional groups attached to an aromatic ring is 1. The van der Waals surface area contributed by atoms with Crippen molar-refractivity contribution >= 4 is 22.8 Å². The summed E-state index contributed by atoms with van der Waals surface area (Å²) in [6.07, 6.45) is 1.70. The van der Waals surface area contributed by atoms with Crippen molar-refractivity contribution in [2.24, 2.45) is 12.8 Å². The molecule has 2 heterocycles. The third-order valence-corrected chi connectivity index (χ3v) is 3.86. The van der Waals surface area contributed by atoms with E-state index in [1.54, 1.807) is 41.5 Å². The van der Waals surface area contributed by atoms with E-state index < -0.39 is 5.91 Å². The zero-order chi connectivity index (χ0) is 16.2. The summed E-state index contributed by atoms with van der Waals surface area (Å²) in [7, 11) is 1.76. The van der Waals surface area contributed by atoms with Gasteiger partial charge in [-0.05, 0) is 25.5 Å². The molecule has 0 aliphatic heterocycles. The van der Waals surface area contributed by atoms with Crippen LogP contribution in [0.3, 0.4) is 0 Å². The van der Waals surface area contributed by atoms with E-state index in [-0.39, 0.29) is 17.1 Å². The van der Waals surface area contributed by atoms with E-state index in [4.69, 9.17) is 11.5 Å². The zero-order valence-corrected chi connectivity index (χ0v) is 12.6. The predicted octanol–water partition coefficient (Wildman–Crippen LogP) is 1.37. The number of nitrogens with two attached hydrogens (primary N) is 2. The van der Waals surface area contributed by atoms with Crippen LogP contribution in [-0.4, -0.2) is 25.4 Å². The van der Waals surface area contributed by atoms with Gasteiger partial charge in [0.2, 0.25) is 0 Å². The molecule has 0 bridgehead atoms. The Morgan fingerprint density at radius 3 is 2.64 bits per heavy atom. The average Bonchev–Trinajstić information content (AvgIpc) is 2.90. The summed E-state index contributed by atoms with van der Waals surface area (Å²) in [4.78, 5) is 11.8. The van der Waals surface area contributed by atoms with Crippen LogP contribution in [0.25, 0.3) is 16.7 Å².